The number of nitrogens with one attached hydrogen (secondary N) is 1. The molecule has 4 aromatic carbocycles. The number of amides is 1. The van der Waals surface area contributed by atoms with Crippen molar-refractivity contribution in [3.63, 3.8) is 0 Å². The molecule has 4 rings (SSSR count). The lowest BCUT2D eigenvalue weighted by Crippen LogP contribution is -2.26. The molecule has 0 aliphatic rings. The van der Waals surface area contributed by atoms with Crippen LogP contribution < -0.4 is 9.62 Å². The Hall–Kier alpha value is -4.43. The lowest BCUT2D eigenvalue weighted by molar-refractivity contribution is 0.0696. The molecule has 0 heterocycles. The van der Waals surface area contributed by atoms with Crippen molar-refractivity contribution in [2.24, 2.45) is 0 Å². The Bertz CT molecular complexity index is 1380. The van der Waals surface area contributed by atoms with E-state index in [1.807, 2.05) is 60.7 Å². The van der Waals surface area contributed by atoms with E-state index in [0.717, 1.165) is 0 Å². The van der Waals surface area contributed by atoms with Crippen molar-refractivity contribution in [2.45, 2.75) is 4.90 Å². The lowest BCUT2D eigenvalue weighted by atomic mass is 10.1. The summed E-state index contributed by atoms with van der Waals surface area (Å²) in [5, 5.41) is 9.00. The summed E-state index contributed by atoms with van der Waals surface area (Å²) in [5.41, 5.74) is 1.81. The highest BCUT2D eigenvalue weighted by Crippen LogP contribution is 2.28. The molecule has 0 spiro atoms. The molecule has 0 aliphatic heterocycles. The van der Waals surface area contributed by atoms with Crippen LogP contribution in [-0.2, 0) is 10.0 Å². The zero-order chi connectivity index (χ0) is 24.1. The lowest BCUT2D eigenvalue weighted by Gasteiger charge is -2.23. The second kappa shape index (κ2) is 9.60. The highest BCUT2D eigenvalue weighted by molar-refractivity contribution is 7.92. The van der Waals surface area contributed by atoms with Gasteiger partial charge < -0.3 is 5.11 Å². The molecule has 170 valence electrons. The number of carbonyl (C=O) groups excluding carboxylic acids is 1. The van der Waals surface area contributed by atoms with Crippen LogP contribution in [0, 0.1) is 0 Å². The van der Waals surface area contributed by atoms with Crippen LogP contribution in [0.15, 0.2) is 114 Å². The molecule has 2 N–H and O–H groups in total. The van der Waals surface area contributed by atoms with E-state index in [2.05, 4.69) is 4.72 Å². The monoisotopic (exact) mass is 472 g/mol. The van der Waals surface area contributed by atoms with E-state index in [0.29, 0.717) is 11.4 Å². The minimum absolute atomic E-state index is 0.0199. The summed E-state index contributed by atoms with van der Waals surface area (Å²) in [6, 6.07) is 29.4. The molecule has 7 nitrogen and oxygen atoms in total. The maximum absolute atomic E-state index is 13.5. The highest BCUT2D eigenvalue weighted by Gasteiger charge is 2.21. The van der Waals surface area contributed by atoms with Gasteiger partial charge in [-0.3, -0.25) is 14.4 Å². The van der Waals surface area contributed by atoms with Gasteiger partial charge in [-0.05, 0) is 66.7 Å². The van der Waals surface area contributed by atoms with E-state index in [4.69, 9.17) is 5.11 Å². The van der Waals surface area contributed by atoms with Crippen molar-refractivity contribution >= 4 is 39.0 Å². The number of anilines is 3. The fourth-order valence-corrected chi connectivity index (χ4v) is 4.42. The first-order chi connectivity index (χ1) is 16.3. The van der Waals surface area contributed by atoms with Gasteiger partial charge in [0.05, 0.1) is 10.5 Å². The molecular weight excluding hydrogens is 452 g/mol. The van der Waals surface area contributed by atoms with E-state index < -0.39 is 16.0 Å². The minimum Gasteiger partial charge on any atom is -0.478 e. The third kappa shape index (κ3) is 4.97. The van der Waals surface area contributed by atoms with Gasteiger partial charge in [0.15, 0.2) is 0 Å². The van der Waals surface area contributed by atoms with Gasteiger partial charge in [-0.25, -0.2) is 13.2 Å². The second-order valence-corrected chi connectivity index (χ2v) is 9.01. The molecule has 0 saturated carbocycles. The summed E-state index contributed by atoms with van der Waals surface area (Å²) >= 11 is 0. The fraction of sp³-hybridized carbons (Fsp3) is 0. The number of rotatable bonds is 7. The first-order valence-electron chi connectivity index (χ1n) is 10.3. The molecular formula is C26H20N2O5S. The average Bonchev–Trinajstić information content (AvgIpc) is 2.85. The third-order valence-electron chi connectivity index (χ3n) is 5.01. The Kier molecular flexibility index (Phi) is 6.42. The van der Waals surface area contributed by atoms with Crippen molar-refractivity contribution in [3.8, 4) is 0 Å². The van der Waals surface area contributed by atoms with Crippen molar-refractivity contribution in [2.75, 3.05) is 9.62 Å². The van der Waals surface area contributed by atoms with Gasteiger partial charge in [0, 0.05) is 22.6 Å². The molecule has 0 saturated heterocycles. The molecule has 0 radical (unpaired) electrons. The number of aromatic carboxylic acids is 1. The number of hydrogen-bond acceptors (Lipinski definition) is 4. The van der Waals surface area contributed by atoms with Crippen LogP contribution >= 0.6 is 0 Å². The standard InChI is InChI=1S/C26H20N2O5S/c29-25(28(22-10-3-1-4-11-22)23-12-5-2-6-13-23)20-8-7-9-21(18-20)27-34(32,33)24-16-14-19(15-17-24)26(30)31/h1-18,27H,(H,30,31). The largest absolute Gasteiger partial charge is 0.478 e. The number of carboxylic acids is 1. The third-order valence-corrected chi connectivity index (χ3v) is 6.40. The van der Waals surface area contributed by atoms with Gasteiger partial charge in [0.1, 0.15) is 0 Å². The van der Waals surface area contributed by atoms with Crippen LogP contribution in [0.3, 0.4) is 0 Å². The summed E-state index contributed by atoms with van der Waals surface area (Å²) in [6.07, 6.45) is 0. The summed E-state index contributed by atoms with van der Waals surface area (Å²) < 4.78 is 28.0. The minimum atomic E-state index is -3.99. The van der Waals surface area contributed by atoms with Gasteiger partial charge in [-0.1, -0.05) is 42.5 Å². The number of carbonyl (C=O) groups is 2. The number of sulfonamides is 1. The van der Waals surface area contributed by atoms with Crippen LogP contribution in [0.4, 0.5) is 17.1 Å². The average molecular weight is 473 g/mol. The molecule has 0 bridgehead atoms. The molecule has 0 fully saturated rings. The molecule has 0 aliphatic carbocycles. The predicted molar refractivity (Wildman–Crippen MR) is 130 cm³/mol. The van der Waals surface area contributed by atoms with Crippen molar-refractivity contribution in [1.82, 2.24) is 0 Å². The van der Waals surface area contributed by atoms with Crippen LogP contribution in [0.1, 0.15) is 20.7 Å². The molecule has 4 aromatic rings. The maximum atomic E-state index is 13.5. The Labute approximate surface area is 197 Å². The normalized spacial score (nSPS) is 10.9. The first-order valence-corrected chi connectivity index (χ1v) is 11.7. The summed E-state index contributed by atoms with van der Waals surface area (Å²) in [6.45, 7) is 0. The van der Waals surface area contributed by atoms with Gasteiger partial charge >= 0.3 is 5.97 Å². The van der Waals surface area contributed by atoms with Crippen LogP contribution in [0.25, 0.3) is 0 Å². The van der Waals surface area contributed by atoms with Gasteiger partial charge in [0.2, 0.25) is 0 Å². The van der Waals surface area contributed by atoms with Crippen molar-refractivity contribution < 1.29 is 23.1 Å². The molecule has 8 heteroatoms. The molecule has 0 unspecified atom stereocenters. The van der Waals surface area contributed by atoms with Crippen LogP contribution in [-0.4, -0.2) is 25.4 Å². The summed E-state index contributed by atoms with van der Waals surface area (Å²) in [4.78, 5) is 26.0. The van der Waals surface area contributed by atoms with Crippen molar-refractivity contribution in [3.05, 3.63) is 120 Å². The zero-order valence-corrected chi connectivity index (χ0v) is 18.6. The Morgan fingerprint density at radius 1 is 0.676 bits per heavy atom. The van der Waals surface area contributed by atoms with Crippen LogP contribution in [0.5, 0.6) is 0 Å². The van der Waals surface area contributed by atoms with E-state index in [-0.39, 0.29) is 27.6 Å². The fourth-order valence-electron chi connectivity index (χ4n) is 3.37. The number of benzene rings is 4. The maximum Gasteiger partial charge on any atom is 0.335 e. The van der Waals surface area contributed by atoms with Crippen LogP contribution in [0.2, 0.25) is 0 Å². The molecule has 0 aromatic heterocycles. The van der Waals surface area contributed by atoms with E-state index in [9.17, 15) is 18.0 Å². The second-order valence-electron chi connectivity index (χ2n) is 7.33. The molecule has 1 amide bonds. The summed E-state index contributed by atoms with van der Waals surface area (Å²) in [7, 11) is -3.99. The predicted octanol–water partition coefficient (Wildman–Crippen LogP) is 5.16. The van der Waals surface area contributed by atoms with E-state index in [1.165, 1.54) is 36.4 Å². The number of hydrogen-bond donors (Lipinski definition) is 2. The first kappa shape index (κ1) is 22.8. The Morgan fingerprint density at radius 3 is 1.76 bits per heavy atom. The van der Waals surface area contributed by atoms with Gasteiger partial charge in [-0.15, -0.1) is 0 Å². The Morgan fingerprint density at radius 2 is 1.24 bits per heavy atom. The summed E-state index contributed by atoms with van der Waals surface area (Å²) in [5.74, 6) is -1.48. The smallest absolute Gasteiger partial charge is 0.335 e. The quantitative estimate of drug-likeness (QED) is 0.386. The Balaban J connectivity index is 1.64. The molecule has 34 heavy (non-hydrogen) atoms. The van der Waals surface area contributed by atoms with Gasteiger partial charge in [0.25, 0.3) is 15.9 Å². The topological polar surface area (TPSA) is 104 Å². The number of nitrogens with zero attached hydrogens (tertiary/aromatic N) is 1. The molecule has 0 atom stereocenters. The zero-order valence-electron chi connectivity index (χ0n) is 17.8. The van der Waals surface area contributed by atoms with Crippen molar-refractivity contribution in [1.29, 1.82) is 0 Å². The SMILES string of the molecule is O=C(O)c1ccc(S(=O)(=O)Nc2cccc(C(=O)N(c3ccccc3)c3ccccc3)c2)cc1. The number of para-hydroxylation sites is 2. The highest BCUT2D eigenvalue weighted by atomic mass is 32.2. The number of carboxylic acid groups (broad SMARTS) is 1. The van der Waals surface area contributed by atoms with E-state index >= 15 is 0 Å². The van der Waals surface area contributed by atoms with Gasteiger partial charge in [-0.2, -0.15) is 0 Å². The van der Waals surface area contributed by atoms with E-state index in [1.54, 1.807) is 17.0 Å².